The number of ketones is 1. The molecule has 4 aromatic heterocycles. The van der Waals surface area contributed by atoms with Gasteiger partial charge in [0.25, 0.3) is 0 Å². The first-order chi connectivity index (χ1) is 20.5. The number of nitrogens with one attached hydrogen (secondary N) is 1. The lowest BCUT2D eigenvalue weighted by molar-refractivity contribution is -0.138. The van der Waals surface area contributed by atoms with E-state index in [4.69, 9.17) is 0 Å². The number of Topliss-reactive ketones (excluding diaryl/α,β-unsaturated/α-hetero) is 1. The van der Waals surface area contributed by atoms with Crippen molar-refractivity contribution in [2.75, 3.05) is 26.0 Å². The number of halogens is 1. The monoisotopic (exact) mass is 645 g/mol. The van der Waals surface area contributed by atoms with Crippen LogP contribution in [0.15, 0.2) is 41.4 Å². The highest BCUT2D eigenvalue weighted by Gasteiger charge is 2.67. The van der Waals surface area contributed by atoms with E-state index in [0.717, 1.165) is 18.5 Å². The van der Waals surface area contributed by atoms with E-state index in [1.807, 2.05) is 33.2 Å². The number of aromatic nitrogens is 6. The van der Waals surface area contributed by atoms with E-state index in [-0.39, 0.29) is 41.3 Å². The molecule has 0 aromatic carbocycles. The van der Waals surface area contributed by atoms with Gasteiger partial charge in [0.1, 0.15) is 34.5 Å². The predicted molar refractivity (Wildman–Crippen MR) is 163 cm³/mol. The van der Waals surface area contributed by atoms with Gasteiger partial charge in [0, 0.05) is 48.3 Å². The van der Waals surface area contributed by atoms with Gasteiger partial charge >= 0.3 is 0 Å². The minimum atomic E-state index is -0.660. The largest absolute Gasteiger partial charge is 0.325 e. The molecule has 3 atom stereocenters. The number of piperidine rings is 1. The van der Waals surface area contributed by atoms with Gasteiger partial charge in [-0.05, 0) is 74.4 Å². The molecule has 2 aliphatic rings. The zero-order valence-corrected chi connectivity index (χ0v) is 26.2. The number of carbonyl (C=O) groups is 3. The van der Waals surface area contributed by atoms with E-state index >= 15 is 0 Å². The Balaban J connectivity index is 1.31. The van der Waals surface area contributed by atoms with Crippen LogP contribution >= 0.6 is 15.9 Å². The second-order valence-electron chi connectivity index (χ2n) is 11.8. The van der Waals surface area contributed by atoms with Crippen LogP contribution in [0, 0.1) is 19.3 Å². The van der Waals surface area contributed by atoms with E-state index in [1.165, 1.54) is 11.6 Å². The zero-order chi connectivity index (χ0) is 30.6. The Morgan fingerprint density at radius 3 is 2.53 bits per heavy atom. The van der Waals surface area contributed by atoms with Crippen molar-refractivity contribution >= 4 is 50.2 Å². The Hall–Kier alpha value is -4.10. The Morgan fingerprint density at radius 2 is 1.84 bits per heavy atom. The summed E-state index contributed by atoms with van der Waals surface area (Å²) in [7, 11) is 4.00. The maximum absolute atomic E-state index is 14.0. The molecule has 6 rings (SSSR count). The third-order valence-corrected chi connectivity index (χ3v) is 8.72. The Labute approximate surface area is 257 Å². The fraction of sp³-hybridized carbons (Fsp3) is 0.400. The molecular weight excluding hydrogens is 614 g/mol. The van der Waals surface area contributed by atoms with E-state index in [2.05, 4.69) is 51.2 Å². The summed E-state index contributed by atoms with van der Waals surface area (Å²) in [5, 5.41) is 8.08. The first kappa shape index (κ1) is 29.0. The quantitative estimate of drug-likeness (QED) is 0.225. The molecule has 0 spiro atoms. The molecule has 12 nitrogen and oxygen atoms in total. The molecule has 0 bridgehead atoms. The molecule has 0 unspecified atom stereocenters. The normalized spacial score (nSPS) is 20.9. The van der Waals surface area contributed by atoms with Crippen molar-refractivity contribution in [3.63, 3.8) is 0 Å². The number of anilines is 1. The Bertz CT molecular complexity index is 1770. The highest BCUT2D eigenvalue weighted by Crippen LogP contribution is 2.60. The third kappa shape index (κ3) is 5.42. The maximum atomic E-state index is 14.0. The van der Waals surface area contributed by atoms with Crippen LogP contribution in [0.25, 0.3) is 22.2 Å². The van der Waals surface area contributed by atoms with Crippen molar-refractivity contribution in [1.82, 2.24) is 39.5 Å². The number of hydrogen-bond acceptors (Lipinski definition) is 9. The van der Waals surface area contributed by atoms with E-state index in [9.17, 15) is 14.4 Å². The summed E-state index contributed by atoms with van der Waals surface area (Å²) in [4.78, 5) is 61.6. The standard InChI is InChI=1S/C30H32BrN9O3/c1-16-6-7-25(31)35-28(16)36-29(43)22-9-30(15-38(4)5)10-24(30)40(22)26(42)14-39-23-13-34-21(19-11-32-18(3)33-12-19)8-20(23)27(37-39)17(2)41/h6-8,11-13,22,24H,9-10,14-15H2,1-5H3,(H,35,36,43)/t22-,24+,30-/m0/s1. The lowest BCUT2D eigenvalue weighted by atomic mass is 9.98. The van der Waals surface area contributed by atoms with Gasteiger partial charge in [0.15, 0.2) is 5.78 Å². The summed E-state index contributed by atoms with van der Waals surface area (Å²) < 4.78 is 2.12. The number of fused-ring (bicyclic) bond motifs is 2. The number of hydrogen-bond donors (Lipinski definition) is 1. The second kappa shape index (κ2) is 10.9. The number of nitrogens with zero attached hydrogens (tertiary/aromatic N) is 8. The summed E-state index contributed by atoms with van der Waals surface area (Å²) in [6, 6.07) is 4.74. The van der Waals surface area contributed by atoms with Gasteiger partial charge in [-0.25, -0.2) is 15.0 Å². The Kier molecular flexibility index (Phi) is 7.33. The molecule has 43 heavy (non-hydrogen) atoms. The summed E-state index contributed by atoms with van der Waals surface area (Å²) >= 11 is 3.37. The van der Waals surface area contributed by atoms with Crippen LogP contribution in [-0.4, -0.2) is 89.8 Å². The lowest BCUT2D eigenvalue weighted by Crippen LogP contribution is -2.47. The van der Waals surface area contributed by atoms with Crippen LogP contribution in [0.5, 0.6) is 0 Å². The number of rotatable bonds is 8. The summed E-state index contributed by atoms with van der Waals surface area (Å²) in [6.45, 7) is 5.76. The van der Waals surface area contributed by atoms with Crippen LogP contribution < -0.4 is 5.32 Å². The molecule has 5 heterocycles. The minimum absolute atomic E-state index is 0.0601. The molecular formula is C30H32BrN9O3. The number of amides is 2. The first-order valence-electron chi connectivity index (χ1n) is 14.0. The summed E-state index contributed by atoms with van der Waals surface area (Å²) in [5.74, 6) is 0.365. The molecule has 1 aliphatic carbocycles. The molecule has 1 saturated carbocycles. The number of likely N-dealkylation sites (tertiary alicyclic amines) is 1. The van der Waals surface area contributed by atoms with Crippen molar-refractivity contribution in [3.05, 3.63) is 58.5 Å². The van der Waals surface area contributed by atoms with Crippen LogP contribution in [0.3, 0.4) is 0 Å². The SMILES string of the molecule is CC(=O)c1nn(CC(=O)N2[C@H](C(=O)Nc3nc(Br)ccc3C)C[C@@]3(CN(C)C)C[C@@H]23)c2cnc(-c3cnc(C)nc3)cc12. The second-order valence-corrected chi connectivity index (χ2v) is 12.6. The number of carbonyl (C=O) groups excluding carboxylic acids is 3. The van der Waals surface area contributed by atoms with Crippen LogP contribution in [-0.2, 0) is 16.1 Å². The van der Waals surface area contributed by atoms with Crippen LogP contribution in [0.2, 0.25) is 0 Å². The average Bonchev–Trinajstić information content (AvgIpc) is 3.35. The molecule has 2 fully saturated rings. The zero-order valence-electron chi connectivity index (χ0n) is 24.6. The van der Waals surface area contributed by atoms with Crippen molar-refractivity contribution < 1.29 is 14.4 Å². The van der Waals surface area contributed by atoms with Crippen molar-refractivity contribution in [3.8, 4) is 11.3 Å². The highest BCUT2D eigenvalue weighted by atomic mass is 79.9. The van der Waals surface area contributed by atoms with Gasteiger partial charge in [0.2, 0.25) is 11.8 Å². The molecule has 222 valence electrons. The van der Waals surface area contributed by atoms with Gasteiger partial charge < -0.3 is 15.1 Å². The molecule has 0 radical (unpaired) electrons. The van der Waals surface area contributed by atoms with E-state index in [0.29, 0.717) is 44.8 Å². The van der Waals surface area contributed by atoms with Gasteiger partial charge in [-0.2, -0.15) is 5.10 Å². The van der Waals surface area contributed by atoms with Crippen LogP contribution in [0.4, 0.5) is 5.82 Å². The fourth-order valence-electron chi connectivity index (χ4n) is 6.25. The maximum Gasteiger partial charge on any atom is 0.248 e. The highest BCUT2D eigenvalue weighted by molar-refractivity contribution is 9.10. The average molecular weight is 647 g/mol. The Morgan fingerprint density at radius 1 is 1.09 bits per heavy atom. The summed E-state index contributed by atoms with van der Waals surface area (Å²) in [5.41, 5.74) is 2.78. The molecule has 4 aromatic rings. The minimum Gasteiger partial charge on any atom is -0.325 e. The predicted octanol–water partition coefficient (Wildman–Crippen LogP) is 3.43. The fourth-order valence-corrected chi connectivity index (χ4v) is 6.56. The van der Waals surface area contributed by atoms with Crippen LogP contribution in [0.1, 0.15) is 41.6 Å². The molecule has 1 aliphatic heterocycles. The van der Waals surface area contributed by atoms with Crippen molar-refractivity contribution in [2.24, 2.45) is 5.41 Å². The molecule has 1 N–H and O–H groups in total. The van der Waals surface area contributed by atoms with Crippen molar-refractivity contribution in [1.29, 1.82) is 0 Å². The smallest absolute Gasteiger partial charge is 0.248 e. The van der Waals surface area contributed by atoms with E-state index in [1.54, 1.807) is 36.5 Å². The van der Waals surface area contributed by atoms with Gasteiger partial charge in [-0.3, -0.25) is 24.0 Å². The van der Waals surface area contributed by atoms with Gasteiger partial charge in [-0.15, -0.1) is 0 Å². The lowest BCUT2D eigenvalue weighted by Gasteiger charge is -2.27. The van der Waals surface area contributed by atoms with Gasteiger partial charge in [0.05, 0.1) is 17.4 Å². The first-order valence-corrected chi connectivity index (χ1v) is 14.8. The summed E-state index contributed by atoms with van der Waals surface area (Å²) in [6.07, 6.45) is 6.36. The molecule has 2 amide bonds. The van der Waals surface area contributed by atoms with E-state index < -0.39 is 6.04 Å². The topological polar surface area (TPSA) is 139 Å². The number of pyridine rings is 2. The molecule has 13 heteroatoms. The third-order valence-electron chi connectivity index (χ3n) is 8.28. The van der Waals surface area contributed by atoms with Gasteiger partial charge in [-0.1, -0.05) is 6.07 Å². The molecule has 1 saturated heterocycles. The van der Waals surface area contributed by atoms with Crippen molar-refractivity contribution in [2.45, 2.75) is 52.2 Å². The number of aryl methyl sites for hydroxylation is 2.